The molecule has 4 rings (SSSR count). The summed E-state index contributed by atoms with van der Waals surface area (Å²) in [6.45, 7) is 6.31. The second kappa shape index (κ2) is 8.78. The van der Waals surface area contributed by atoms with Crippen molar-refractivity contribution < 1.29 is 0 Å². The van der Waals surface area contributed by atoms with Crippen molar-refractivity contribution in [3.05, 3.63) is 82.2 Å². The standard InChI is InChI=1S/C26H29N3O/c1-4-5-6-9-19(3)29-17-28-25-23-11-8-7-10-22(23)21(15-24(25)26(29)30)14-20-13-12-18(2)27-16-20/h7-8,10-13,15-17,19H,4-6,9,14H2,1-3H3/t19-/m0/s1. The van der Waals surface area contributed by atoms with Crippen molar-refractivity contribution in [2.45, 2.75) is 58.9 Å². The van der Waals surface area contributed by atoms with Crippen molar-refractivity contribution in [2.75, 3.05) is 0 Å². The van der Waals surface area contributed by atoms with Gasteiger partial charge in [0.15, 0.2) is 0 Å². The summed E-state index contributed by atoms with van der Waals surface area (Å²) in [6, 6.07) is 14.6. The predicted octanol–water partition coefficient (Wildman–Crippen LogP) is 5.99. The van der Waals surface area contributed by atoms with Crippen molar-refractivity contribution in [1.82, 2.24) is 14.5 Å². The highest BCUT2D eigenvalue weighted by atomic mass is 16.1. The molecule has 0 N–H and O–H groups in total. The van der Waals surface area contributed by atoms with Gasteiger partial charge < -0.3 is 0 Å². The first-order valence-corrected chi connectivity index (χ1v) is 10.9. The Morgan fingerprint density at radius 1 is 1.00 bits per heavy atom. The molecular formula is C26H29N3O. The summed E-state index contributed by atoms with van der Waals surface area (Å²) in [7, 11) is 0. The summed E-state index contributed by atoms with van der Waals surface area (Å²) < 4.78 is 1.81. The quantitative estimate of drug-likeness (QED) is 0.283. The molecule has 4 heteroatoms. The highest BCUT2D eigenvalue weighted by molar-refractivity contribution is 6.06. The molecule has 2 aromatic carbocycles. The first-order valence-electron chi connectivity index (χ1n) is 10.9. The number of rotatable bonds is 7. The lowest BCUT2D eigenvalue weighted by molar-refractivity contribution is 0.463. The van der Waals surface area contributed by atoms with Crippen LogP contribution < -0.4 is 5.56 Å². The van der Waals surface area contributed by atoms with Crippen LogP contribution in [-0.4, -0.2) is 14.5 Å². The van der Waals surface area contributed by atoms with Crippen LogP contribution in [0.15, 0.2) is 59.8 Å². The number of hydrogen-bond acceptors (Lipinski definition) is 3. The number of aryl methyl sites for hydroxylation is 1. The van der Waals surface area contributed by atoms with Crippen LogP contribution in [0.1, 0.15) is 62.4 Å². The van der Waals surface area contributed by atoms with E-state index in [-0.39, 0.29) is 11.6 Å². The number of unbranched alkanes of at least 4 members (excludes halogenated alkanes) is 2. The predicted molar refractivity (Wildman–Crippen MR) is 124 cm³/mol. The SMILES string of the molecule is CCCCC[C@H](C)n1cnc2c(cc(Cc3ccc(C)nc3)c3ccccc32)c1=O. The molecule has 0 saturated heterocycles. The minimum atomic E-state index is 0.0537. The minimum absolute atomic E-state index is 0.0537. The summed E-state index contributed by atoms with van der Waals surface area (Å²) in [5, 5.41) is 2.88. The lowest BCUT2D eigenvalue weighted by Crippen LogP contribution is -2.24. The Hall–Kier alpha value is -3.01. The van der Waals surface area contributed by atoms with Gasteiger partial charge in [-0.2, -0.15) is 0 Å². The van der Waals surface area contributed by atoms with Gasteiger partial charge in [-0.1, -0.05) is 56.5 Å². The zero-order valence-corrected chi connectivity index (χ0v) is 18.1. The molecule has 30 heavy (non-hydrogen) atoms. The molecular weight excluding hydrogens is 370 g/mol. The highest BCUT2D eigenvalue weighted by Crippen LogP contribution is 2.28. The first kappa shape index (κ1) is 20.3. The molecule has 2 aromatic heterocycles. The van der Waals surface area contributed by atoms with E-state index in [0.717, 1.165) is 52.4 Å². The maximum Gasteiger partial charge on any atom is 0.261 e. The van der Waals surface area contributed by atoms with E-state index >= 15 is 0 Å². The Balaban J connectivity index is 1.83. The van der Waals surface area contributed by atoms with Crippen LogP contribution in [0.4, 0.5) is 0 Å². The Kier molecular flexibility index (Phi) is 5.93. The van der Waals surface area contributed by atoms with Gasteiger partial charge in [0, 0.05) is 23.3 Å². The monoisotopic (exact) mass is 399 g/mol. The van der Waals surface area contributed by atoms with Crippen molar-refractivity contribution in [3.63, 3.8) is 0 Å². The molecule has 0 aliphatic heterocycles. The van der Waals surface area contributed by atoms with Gasteiger partial charge in [-0.15, -0.1) is 0 Å². The summed E-state index contributed by atoms with van der Waals surface area (Å²) in [6.07, 6.45) is 8.90. The largest absolute Gasteiger partial charge is 0.296 e. The van der Waals surface area contributed by atoms with Gasteiger partial charge in [0.1, 0.15) is 0 Å². The van der Waals surface area contributed by atoms with E-state index in [4.69, 9.17) is 4.98 Å². The van der Waals surface area contributed by atoms with E-state index in [2.05, 4.69) is 37.0 Å². The molecule has 1 atom stereocenters. The van der Waals surface area contributed by atoms with Gasteiger partial charge in [0.05, 0.1) is 17.2 Å². The summed E-state index contributed by atoms with van der Waals surface area (Å²) >= 11 is 0. The number of nitrogens with zero attached hydrogens (tertiary/aromatic N) is 3. The Bertz CT molecular complexity index is 1220. The van der Waals surface area contributed by atoms with Crippen LogP contribution in [-0.2, 0) is 6.42 Å². The van der Waals surface area contributed by atoms with Crippen LogP contribution in [0, 0.1) is 6.92 Å². The number of pyridine rings is 1. The topological polar surface area (TPSA) is 47.8 Å². The van der Waals surface area contributed by atoms with E-state index < -0.39 is 0 Å². The molecule has 4 nitrogen and oxygen atoms in total. The highest BCUT2D eigenvalue weighted by Gasteiger charge is 2.14. The molecule has 2 heterocycles. The Labute approximate surface area is 177 Å². The fourth-order valence-electron chi connectivity index (χ4n) is 4.16. The van der Waals surface area contributed by atoms with E-state index in [9.17, 15) is 4.79 Å². The molecule has 154 valence electrons. The molecule has 0 saturated carbocycles. The zero-order chi connectivity index (χ0) is 21.1. The molecule has 0 aliphatic carbocycles. The number of aromatic nitrogens is 3. The smallest absolute Gasteiger partial charge is 0.261 e. The van der Waals surface area contributed by atoms with Crippen molar-refractivity contribution in [3.8, 4) is 0 Å². The second-order valence-corrected chi connectivity index (χ2v) is 8.26. The molecule has 4 aromatic rings. The summed E-state index contributed by atoms with van der Waals surface area (Å²) in [4.78, 5) is 22.6. The molecule has 0 fully saturated rings. The third kappa shape index (κ3) is 4.00. The maximum atomic E-state index is 13.4. The molecule has 0 radical (unpaired) electrons. The van der Waals surface area contributed by atoms with Gasteiger partial charge in [-0.3, -0.25) is 14.3 Å². The number of benzene rings is 2. The molecule has 0 aliphatic rings. The minimum Gasteiger partial charge on any atom is -0.296 e. The lowest BCUT2D eigenvalue weighted by Gasteiger charge is -2.16. The third-order valence-electron chi connectivity index (χ3n) is 5.95. The maximum absolute atomic E-state index is 13.4. The molecule has 0 bridgehead atoms. The van der Waals surface area contributed by atoms with E-state index in [1.165, 1.54) is 12.8 Å². The van der Waals surface area contributed by atoms with Gasteiger partial charge in [0.2, 0.25) is 0 Å². The van der Waals surface area contributed by atoms with Crippen LogP contribution in [0.25, 0.3) is 21.7 Å². The van der Waals surface area contributed by atoms with E-state index in [1.54, 1.807) is 6.33 Å². The number of hydrogen-bond donors (Lipinski definition) is 0. The molecule has 0 spiro atoms. The van der Waals surface area contributed by atoms with Crippen LogP contribution in [0.5, 0.6) is 0 Å². The zero-order valence-electron chi connectivity index (χ0n) is 18.1. The fraction of sp³-hybridized carbons (Fsp3) is 0.346. The fourth-order valence-corrected chi connectivity index (χ4v) is 4.16. The Morgan fingerprint density at radius 3 is 2.53 bits per heavy atom. The summed E-state index contributed by atoms with van der Waals surface area (Å²) in [5.41, 5.74) is 4.13. The normalized spacial score (nSPS) is 12.5. The van der Waals surface area contributed by atoms with Gasteiger partial charge in [-0.25, -0.2) is 4.98 Å². The lowest BCUT2D eigenvalue weighted by atomic mass is 9.96. The number of fused-ring (bicyclic) bond motifs is 3. The van der Waals surface area contributed by atoms with Gasteiger partial charge in [0.25, 0.3) is 5.56 Å². The van der Waals surface area contributed by atoms with Crippen LogP contribution >= 0.6 is 0 Å². The van der Waals surface area contributed by atoms with Crippen LogP contribution in [0.3, 0.4) is 0 Å². The average Bonchev–Trinajstić information content (AvgIpc) is 2.76. The molecule has 0 unspecified atom stereocenters. The van der Waals surface area contributed by atoms with E-state index in [1.807, 2.05) is 42.0 Å². The van der Waals surface area contributed by atoms with Crippen LogP contribution in [0.2, 0.25) is 0 Å². The van der Waals surface area contributed by atoms with Crippen molar-refractivity contribution in [1.29, 1.82) is 0 Å². The average molecular weight is 400 g/mol. The van der Waals surface area contributed by atoms with Crippen molar-refractivity contribution in [2.24, 2.45) is 0 Å². The van der Waals surface area contributed by atoms with Crippen molar-refractivity contribution >= 4 is 21.7 Å². The second-order valence-electron chi connectivity index (χ2n) is 8.26. The third-order valence-corrected chi connectivity index (χ3v) is 5.95. The first-order chi connectivity index (χ1) is 14.6. The van der Waals surface area contributed by atoms with Gasteiger partial charge in [-0.05, 0) is 55.3 Å². The summed E-state index contributed by atoms with van der Waals surface area (Å²) in [5.74, 6) is 0. The van der Waals surface area contributed by atoms with Gasteiger partial charge >= 0.3 is 0 Å². The van der Waals surface area contributed by atoms with E-state index in [0.29, 0.717) is 5.39 Å². The molecule has 0 amide bonds. The Morgan fingerprint density at radius 2 is 1.80 bits per heavy atom.